The molecule has 40 heavy (non-hydrogen) atoms. The summed E-state index contributed by atoms with van der Waals surface area (Å²) in [6.45, 7) is 3.84. The van der Waals surface area contributed by atoms with Crippen molar-refractivity contribution in [3.8, 4) is 11.1 Å². The molecule has 0 aliphatic carbocycles. The summed E-state index contributed by atoms with van der Waals surface area (Å²) in [4.78, 5) is 48.2. The first-order chi connectivity index (χ1) is 19.1. The van der Waals surface area contributed by atoms with E-state index in [-0.39, 0.29) is 34.5 Å². The van der Waals surface area contributed by atoms with E-state index in [1.165, 1.54) is 19.2 Å². The Labute approximate surface area is 231 Å². The summed E-state index contributed by atoms with van der Waals surface area (Å²) < 4.78 is 26.2. The Bertz CT molecular complexity index is 1680. The van der Waals surface area contributed by atoms with Crippen LogP contribution in [0.3, 0.4) is 0 Å². The number of amides is 2. The molecule has 10 nitrogen and oxygen atoms in total. The first-order valence-corrected chi connectivity index (χ1v) is 14.3. The molecule has 0 radical (unpaired) electrons. The summed E-state index contributed by atoms with van der Waals surface area (Å²) in [5.41, 5.74) is 2.48. The Hall–Kier alpha value is -4.35. The first-order valence-electron chi connectivity index (χ1n) is 12.6. The zero-order valence-electron chi connectivity index (χ0n) is 22.3. The highest BCUT2D eigenvalue weighted by atomic mass is 32.2. The SMILES string of the molecule is CON(C=O)C(CS(=O)(=O)c1ccc(-c2cccc(CNC(=O)c3nc4ccccc4c(=O)[nH]3)c2)cc1)C(C)C. The van der Waals surface area contributed by atoms with Crippen molar-refractivity contribution in [3.63, 3.8) is 0 Å². The lowest BCUT2D eigenvalue weighted by Gasteiger charge is -2.28. The number of benzene rings is 3. The minimum absolute atomic E-state index is 0.0712. The number of aromatic nitrogens is 2. The number of hydrogen-bond acceptors (Lipinski definition) is 7. The predicted molar refractivity (Wildman–Crippen MR) is 151 cm³/mol. The van der Waals surface area contributed by atoms with E-state index in [9.17, 15) is 22.8 Å². The number of nitrogens with one attached hydrogen (secondary N) is 2. The van der Waals surface area contributed by atoms with Gasteiger partial charge in [0.25, 0.3) is 11.5 Å². The Morgan fingerprint density at radius 1 is 1.05 bits per heavy atom. The maximum atomic E-state index is 13.1. The number of carbonyl (C=O) groups is 2. The van der Waals surface area contributed by atoms with E-state index in [0.717, 1.165) is 21.8 Å². The van der Waals surface area contributed by atoms with E-state index >= 15 is 0 Å². The number of rotatable bonds is 11. The molecule has 0 bridgehead atoms. The number of para-hydroxylation sites is 1. The highest BCUT2D eigenvalue weighted by Crippen LogP contribution is 2.24. The third kappa shape index (κ3) is 6.44. The monoisotopic (exact) mass is 562 g/mol. The van der Waals surface area contributed by atoms with Gasteiger partial charge >= 0.3 is 0 Å². The fraction of sp³-hybridized carbons (Fsp3) is 0.241. The average molecular weight is 563 g/mol. The minimum Gasteiger partial charge on any atom is -0.345 e. The number of aromatic amines is 1. The van der Waals surface area contributed by atoms with Crippen molar-refractivity contribution in [2.24, 2.45) is 5.92 Å². The van der Waals surface area contributed by atoms with Crippen LogP contribution in [0.4, 0.5) is 0 Å². The lowest BCUT2D eigenvalue weighted by molar-refractivity contribution is -0.175. The van der Waals surface area contributed by atoms with Gasteiger partial charge in [0.05, 0.1) is 34.7 Å². The number of sulfone groups is 1. The van der Waals surface area contributed by atoms with Gasteiger partial charge in [0.1, 0.15) is 0 Å². The van der Waals surface area contributed by atoms with E-state index in [2.05, 4.69) is 15.3 Å². The number of fused-ring (bicyclic) bond motifs is 1. The van der Waals surface area contributed by atoms with Crippen molar-refractivity contribution in [2.75, 3.05) is 12.9 Å². The van der Waals surface area contributed by atoms with Crippen molar-refractivity contribution >= 4 is 33.1 Å². The standard InChI is InChI=1S/C29H30N4O6S/c1-19(2)26(33(18-34)39-3)17-40(37,38)23-13-11-21(12-14-23)22-8-6-7-20(15-22)16-30-29(36)27-31-25-10-5-4-9-24(25)28(35)32-27/h4-15,18-19,26H,16-17H2,1-3H3,(H,30,36)(H,31,32,35). The molecular weight excluding hydrogens is 532 g/mol. The molecule has 0 aliphatic heterocycles. The molecule has 4 aromatic rings. The molecule has 2 N–H and O–H groups in total. The number of nitrogens with zero attached hydrogens (tertiary/aromatic N) is 2. The second-order valence-electron chi connectivity index (χ2n) is 9.58. The average Bonchev–Trinajstić information content (AvgIpc) is 2.96. The normalized spacial score (nSPS) is 12.3. The van der Waals surface area contributed by atoms with Gasteiger partial charge in [-0.3, -0.25) is 19.2 Å². The van der Waals surface area contributed by atoms with Crippen molar-refractivity contribution in [2.45, 2.75) is 31.3 Å². The molecule has 0 aliphatic rings. The first kappa shape index (κ1) is 28.7. The molecule has 1 atom stereocenters. The molecule has 0 saturated carbocycles. The van der Waals surface area contributed by atoms with Crippen molar-refractivity contribution in [1.82, 2.24) is 20.3 Å². The van der Waals surface area contributed by atoms with Crippen LogP contribution >= 0.6 is 0 Å². The molecule has 0 fully saturated rings. The van der Waals surface area contributed by atoms with Crippen molar-refractivity contribution in [1.29, 1.82) is 0 Å². The molecule has 4 rings (SSSR count). The van der Waals surface area contributed by atoms with Gasteiger partial charge in [-0.2, -0.15) is 0 Å². The number of H-pyrrole nitrogens is 1. The summed E-state index contributed by atoms with van der Waals surface area (Å²) >= 11 is 0. The molecule has 1 aromatic heterocycles. The van der Waals surface area contributed by atoms with Gasteiger partial charge in [-0.15, -0.1) is 0 Å². The Morgan fingerprint density at radius 2 is 1.77 bits per heavy atom. The molecule has 1 unspecified atom stereocenters. The van der Waals surface area contributed by atoms with Crippen LogP contribution < -0.4 is 10.9 Å². The predicted octanol–water partition coefficient (Wildman–Crippen LogP) is 3.34. The lowest BCUT2D eigenvalue weighted by atomic mass is 10.0. The number of hydrogen-bond donors (Lipinski definition) is 2. The van der Waals surface area contributed by atoms with Gasteiger partial charge in [0.15, 0.2) is 15.7 Å². The maximum absolute atomic E-state index is 13.1. The Balaban J connectivity index is 1.46. The van der Waals surface area contributed by atoms with Gasteiger partial charge in [-0.25, -0.2) is 18.5 Å². The molecule has 11 heteroatoms. The molecule has 208 valence electrons. The van der Waals surface area contributed by atoms with Crippen LogP contribution in [0.2, 0.25) is 0 Å². The molecule has 2 amide bonds. The Kier molecular flexibility index (Phi) is 8.76. The highest BCUT2D eigenvalue weighted by molar-refractivity contribution is 7.91. The van der Waals surface area contributed by atoms with Gasteiger partial charge < -0.3 is 10.3 Å². The van der Waals surface area contributed by atoms with Crippen LogP contribution in [0.15, 0.2) is 82.5 Å². The fourth-order valence-corrected chi connectivity index (χ4v) is 6.04. The molecule has 0 saturated heterocycles. The van der Waals surface area contributed by atoms with E-state index in [0.29, 0.717) is 17.3 Å². The van der Waals surface area contributed by atoms with Crippen LogP contribution in [0.1, 0.15) is 30.0 Å². The summed E-state index contributed by atoms with van der Waals surface area (Å²) in [7, 11) is -2.37. The third-order valence-electron chi connectivity index (χ3n) is 6.56. The van der Waals surface area contributed by atoms with Crippen LogP contribution in [-0.2, 0) is 26.0 Å². The Morgan fingerprint density at radius 3 is 2.45 bits per heavy atom. The van der Waals surface area contributed by atoms with Gasteiger partial charge in [-0.05, 0) is 52.9 Å². The molecule has 1 heterocycles. The largest absolute Gasteiger partial charge is 0.345 e. The lowest BCUT2D eigenvalue weighted by Crippen LogP contribution is -2.42. The number of hydroxylamine groups is 2. The zero-order valence-corrected chi connectivity index (χ0v) is 23.1. The van der Waals surface area contributed by atoms with Crippen LogP contribution in [0, 0.1) is 5.92 Å². The van der Waals surface area contributed by atoms with Crippen LogP contribution in [0.25, 0.3) is 22.0 Å². The summed E-state index contributed by atoms with van der Waals surface area (Å²) in [6, 6.07) is 20.1. The zero-order chi connectivity index (χ0) is 28.9. The topological polar surface area (TPSA) is 139 Å². The third-order valence-corrected chi connectivity index (χ3v) is 8.33. The van der Waals surface area contributed by atoms with E-state index in [1.807, 2.05) is 38.1 Å². The van der Waals surface area contributed by atoms with Gasteiger partial charge in [-0.1, -0.05) is 56.3 Å². The second-order valence-corrected chi connectivity index (χ2v) is 11.6. The van der Waals surface area contributed by atoms with Gasteiger partial charge in [0, 0.05) is 6.54 Å². The maximum Gasteiger partial charge on any atom is 0.287 e. The minimum atomic E-state index is -3.70. The fourth-order valence-electron chi connectivity index (χ4n) is 4.31. The van der Waals surface area contributed by atoms with E-state index < -0.39 is 21.8 Å². The quantitative estimate of drug-likeness (QED) is 0.211. The van der Waals surface area contributed by atoms with E-state index in [1.54, 1.807) is 36.4 Å². The summed E-state index contributed by atoms with van der Waals surface area (Å²) in [5.74, 6) is -0.995. The smallest absolute Gasteiger partial charge is 0.287 e. The van der Waals surface area contributed by atoms with Crippen molar-refractivity contribution in [3.05, 3.63) is 94.5 Å². The van der Waals surface area contributed by atoms with Gasteiger partial charge in [0.2, 0.25) is 6.41 Å². The van der Waals surface area contributed by atoms with E-state index in [4.69, 9.17) is 4.84 Å². The number of carbonyl (C=O) groups excluding carboxylic acids is 2. The van der Waals surface area contributed by atoms with Crippen LogP contribution in [-0.4, -0.2) is 54.7 Å². The second kappa shape index (κ2) is 12.2. The van der Waals surface area contributed by atoms with Crippen LogP contribution in [0.5, 0.6) is 0 Å². The summed E-state index contributed by atoms with van der Waals surface area (Å²) in [6.07, 6.45) is 0.483. The molecular formula is C29H30N4O6S. The molecule has 3 aromatic carbocycles. The summed E-state index contributed by atoms with van der Waals surface area (Å²) in [5, 5.41) is 4.20. The van der Waals surface area contributed by atoms with Crippen molar-refractivity contribution < 1.29 is 22.8 Å². The highest BCUT2D eigenvalue weighted by Gasteiger charge is 2.28. The molecule has 0 spiro atoms.